The fraction of sp³-hybridized carbons (Fsp3) is 0.550. The maximum atomic E-state index is 12.4. The SMILES string of the molecule is COc1cc(-c2noc(CCC(=O)N3CCC[C@H](C)C3)n2)cc(OC)c1OC. The van der Waals surface area contributed by atoms with Crippen molar-refractivity contribution in [2.75, 3.05) is 34.4 Å². The number of aromatic nitrogens is 2. The van der Waals surface area contributed by atoms with E-state index in [-0.39, 0.29) is 5.91 Å². The van der Waals surface area contributed by atoms with Crippen LogP contribution in [0.25, 0.3) is 11.4 Å². The molecule has 1 aliphatic heterocycles. The Morgan fingerprint density at radius 3 is 2.54 bits per heavy atom. The Kier molecular flexibility index (Phi) is 6.38. The van der Waals surface area contributed by atoms with Crippen LogP contribution in [-0.2, 0) is 11.2 Å². The summed E-state index contributed by atoms with van der Waals surface area (Å²) < 4.78 is 21.4. The predicted molar refractivity (Wildman–Crippen MR) is 103 cm³/mol. The molecule has 8 nitrogen and oxygen atoms in total. The van der Waals surface area contributed by atoms with Crippen LogP contribution < -0.4 is 14.2 Å². The molecule has 0 spiro atoms. The highest BCUT2D eigenvalue weighted by atomic mass is 16.5. The molecule has 1 amide bonds. The first-order chi connectivity index (χ1) is 13.5. The number of rotatable bonds is 7. The molecule has 1 atom stereocenters. The molecule has 1 aliphatic rings. The van der Waals surface area contributed by atoms with Gasteiger partial charge >= 0.3 is 0 Å². The van der Waals surface area contributed by atoms with Crippen molar-refractivity contribution in [1.82, 2.24) is 15.0 Å². The monoisotopic (exact) mass is 389 g/mol. The number of carbonyl (C=O) groups is 1. The Morgan fingerprint density at radius 1 is 1.21 bits per heavy atom. The van der Waals surface area contributed by atoms with Crippen LogP contribution in [0, 0.1) is 5.92 Å². The highest BCUT2D eigenvalue weighted by molar-refractivity contribution is 5.76. The van der Waals surface area contributed by atoms with Gasteiger partial charge in [-0.15, -0.1) is 0 Å². The average Bonchev–Trinajstić information content (AvgIpc) is 3.19. The number of amides is 1. The minimum atomic E-state index is 0.138. The van der Waals surface area contributed by atoms with Crippen molar-refractivity contribution in [3.8, 4) is 28.6 Å². The topological polar surface area (TPSA) is 86.9 Å². The Hall–Kier alpha value is -2.77. The van der Waals surface area contributed by atoms with E-state index in [0.717, 1.165) is 19.5 Å². The normalized spacial score (nSPS) is 16.7. The third-order valence-corrected chi connectivity index (χ3v) is 4.95. The number of benzene rings is 1. The van der Waals surface area contributed by atoms with Crippen molar-refractivity contribution in [3.63, 3.8) is 0 Å². The van der Waals surface area contributed by atoms with E-state index >= 15 is 0 Å². The van der Waals surface area contributed by atoms with Gasteiger partial charge in [-0.25, -0.2) is 0 Å². The van der Waals surface area contributed by atoms with Crippen molar-refractivity contribution < 1.29 is 23.5 Å². The van der Waals surface area contributed by atoms with E-state index in [1.165, 1.54) is 6.42 Å². The summed E-state index contributed by atoms with van der Waals surface area (Å²) in [5.74, 6) is 3.07. The molecule has 0 unspecified atom stereocenters. The van der Waals surface area contributed by atoms with Gasteiger partial charge in [0.15, 0.2) is 11.5 Å². The summed E-state index contributed by atoms with van der Waals surface area (Å²) in [7, 11) is 4.65. The summed E-state index contributed by atoms with van der Waals surface area (Å²) in [6.07, 6.45) is 3.04. The summed E-state index contributed by atoms with van der Waals surface area (Å²) in [6.45, 7) is 3.85. The lowest BCUT2D eigenvalue weighted by atomic mass is 10.00. The third-order valence-electron chi connectivity index (χ3n) is 4.95. The largest absolute Gasteiger partial charge is 0.493 e. The van der Waals surface area contributed by atoms with Gasteiger partial charge in [0.2, 0.25) is 23.4 Å². The summed E-state index contributed by atoms with van der Waals surface area (Å²) in [6, 6.07) is 3.52. The lowest BCUT2D eigenvalue weighted by Gasteiger charge is -2.30. The van der Waals surface area contributed by atoms with E-state index in [1.807, 2.05) is 4.90 Å². The number of piperidine rings is 1. The molecule has 0 radical (unpaired) electrons. The molecular formula is C20H27N3O5. The fourth-order valence-electron chi connectivity index (χ4n) is 3.47. The number of ether oxygens (including phenoxy) is 3. The number of aryl methyl sites for hydroxylation is 1. The summed E-state index contributed by atoms with van der Waals surface area (Å²) in [5, 5.41) is 4.03. The van der Waals surface area contributed by atoms with Gasteiger partial charge < -0.3 is 23.6 Å². The molecule has 3 rings (SSSR count). The Morgan fingerprint density at radius 2 is 1.93 bits per heavy atom. The molecule has 0 aliphatic carbocycles. The number of likely N-dealkylation sites (tertiary alicyclic amines) is 1. The molecule has 152 valence electrons. The molecule has 1 saturated heterocycles. The predicted octanol–water partition coefficient (Wildman–Crippen LogP) is 2.95. The lowest BCUT2D eigenvalue weighted by molar-refractivity contribution is -0.132. The zero-order valence-electron chi connectivity index (χ0n) is 16.9. The third kappa shape index (κ3) is 4.37. The van der Waals surface area contributed by atoms with Crippen LogP contribution in [-0.4, -0.2) is 55.4 Å². The van der Waals surface area contributed by atoms with Gasteiger partial charge in [-0.1, -0.05) is 12.1 Å². The van der Waals surface area contributed by atoms with E-state index in [4.69, 9.17) is 18.7 Å². The van der Waals surface area contributed by atoms with Crippen LogP contribution in [0.4, 0.5) is 0 Å². The number of carbonyl (C=O) groups excluding carboxylic acids is 1. The van der Waals surface area contributed by atoms with Gasteiger partial charge in [0.1, 0.15) is 0 Å². The van der Waals surface area contributed by atoms with Crippen molar-refractivity contribution in [2.24, 2.45) is 5.92 Å². The zero-order valence-corrected chi connectivity index (χ0v) is 16.9. The van der Waals surface area contributed by atoms with Crippen LogP contribution in [0.2, 0.25) is 0 Å². The van der Waals surface area contributed by atoms with Gasteiger partial charge in [-0.3, -0.25) is 4.79 Å². The smallest absolute Gasteiger partial charge is 0.227 e. The van der Waals surface area contributed by atoms with Crippen LogP contribution in [0.1, 0.15) is 32.1 Å². The van der Waals surface area contributed by atoms with Gasteiger partial charge in [0, 0.05) is 31.5 Å². The van der Waals surface area contributed by atoms with Gasteiger partial charge in [-0.05, 0) is 30.9 Å². The van der Waals surface area contributed by atoms with Crippen molar-refractivity contribution in [2.45, 2.75) is 32.6 Å². The average molecular weight is 389 g/mol. The molecule has 0 N–H and O–H groups in total. The molecule has 0 saturated carbocycles. The maximum Gasteiger partial charge on any atom is 0.227 e. The molecule has 2 heterocycles. The molecule has 1 aromatic heterocycles. The van der Waals surface area contributed by atoms with Crippen LogP contribution in [0.5, 0.6) is 17.2 Å². The quantitative estimate of drug-likeness (QED) is 0.719. The zero-order chi connectivity index (χ0) is 20.1. The minimum absolute atomic E-state index is 0.138. The van der Waals surface area contributed by atoms with E-state index in [1.54, 1.807) is 33.5 Å². The molecule has 1 aromatic carbocycles. The molecule has 1 fully saturated rings. The van der Waals surface area contributed by atoms with E-state index in [0.29, 0.717) is 53.3 Å². The second-order valence-corrected chi connectivity index (χ2v) is 7.01. The molecule has 28 heavy (non-hydrogen) atoms. The molecule has 8 heteroatoms. The summed E-state index contributed by atoms with van der Waals surface area (Å²) in [5.41, 5.74) is 0.681. The first-order valence-corrected chi connectivity index (χ1v) is 9.46. The second kappa shape index (κ2) is 8.95. The number of hydrogen-bond acceptors (Lipinski definition) is 7. The number of hydrogen-bond donors (Lipinski definition) is 0. The van der Waals surface area contributed by atoms with Gasteiger partial charge in [0.05, 0.1) is 21.3 Å². The van der Waals surface area contributed by atoms with Crippen molar-refractivity contribution in [1.29, 1.82) is 0 Å². The Bertz CT molecular complexity index is 795. The van der Waals surface area contributed by atoms with Crippen molar-refractivity contribution in [3.05, 3.63) is 18.0 Å². The van der Waals surface area contributed by atoms with Crippen LogP contribution in [0.3, 0.4) is 0 Å². The van der Waals surface area contributed by atoms with E-state index in [9.17, 15) is 4.79 Å². The molecule has 2 aromatic rings. The molecular weight excluding hydrogens is 362 g/mol. The highest BCUT2D eigenvalue weighted by Gasteiger charge is 2.22. The van der Waals surface area contributed by atoms with Gasteiger partial charge in [-0.2, -0.15) is 4.98 Å². The summed E-state index contributed by atoms with van der Waals surface area (Å²) >= 11 is 0. The lowest BCUT2D eigenvalue weighted by Crippen LogP contribution is -2.39. The van der Waals surface area contributed by atoms with Crippen molar-refractivity contribution >= 4 is 5.91 Å². The maximum absolute atomic E-state index is 12.4. The number of methoxy groups -OCH3 is 3. The first-order valence-electron chi connectivity index (χ1n) is 9.46. The van der Waals surface area contributed by atoms with Gasteiger partial charge in [0.25, 0.3) is 0 Å². The highest BCUT2D eigenvalue weighted by Crippen LogP contribution is 2.40. The Labute approximate surface area is 164 Å². The second-order valence-electron chi connectivity index (χ2n) is 7.01. The van der Waals surface area contributed by atoms with Crippen LogP contribution in [0.15, 0.2) is 16.7 Å². The summed E-state index contributed by atoms with van der Waals surface area (Å²) in [4.78, 5) is 18.8. The number of nitrogens with zero attached hydrogens (tertiary/aromatic N) is 3. The molecule has 0 bridgehead atoms. The fourth-order valence-corrected chi connectivity index (χ4v) is 3.47. The van der Waals surface area contributed by atoms with Crippen LogP contribution >= 0.6 is 0 Å². The first kappa shape index (κ1) is 20.0. The van der Waals surface area contributed by atoms with E-state index < -0.39 is 0 Å². The minimum Gasteiger partial charge on any atom is -0.493 e. The van der Waals surface area contributed by atoms with E-state index in [2.05, 4.69) is 17.1 Å². The standard InChI is InChI=1S/C20H27N3O5/c1-13-6-5-9-23(12-13)18(24)8-7-17-21-20(22-28-17)14-10-15(25-2)19(27-4)16(11-14)26-3/h10-11,13H,5-9,12H2,1-4H3/t13-/m0/s1. The Balaban J connectivity index is 1.69.